The number of ether oxygens (including phenoxy) is 1. The fraction of sp³-hybridized carbons (Fsp3) is 0.308. The van der Waals surface area contributed by atoms with Gasteiger partial charge in [-0.1, -0.05) is 30.3 Å². The number of nitrogens with one attached hydrogen (secondary N) is 1. The summed E-state index contributed by atoms with van der Waals surface area (Å²) in [6.45, 7) is 1.11. The van der Waals surface area contributed by atoms with Gasteiger partial charge in [0.2, 0.25) is 5.91 Å². The largest absolute Gasteiger partial charge is 0.450 e. The summed E-state index contributed by atoms with van der Waals surface area (Å²) in [6, 6.07) is 10.4. The molecule has 5 heteroatoms. The number of carbonyl (C=O) groups excluding carboxylic acids is 2. The van der Waals surface area contributed by atoms with Gasteiger partial charge in [-0.3, -0.25) is 9.59 Å². The van der Waals surface area contributed by atoms with Crippen LogP contribution in [0.4, 0.5) is 0 Å². The molecule has 1 aromatic rings. The van der Waals surface area contributed by atoms with Crippen LogP contribution >= 0.6 is 0 Å². The van der Waals surface area contributed by atoms with Crippen molar-refractivity contribution in [1.82, 2.24) is 5.32 Å². The maximum absolute atomic E-state index is 11.4. The highest BCUT2D eigenvalue weighted by atomic mass is 16.5. The zero-order valence-electron chi connectivity index (χ0n) is 10.1. The molecule has 0 radical (unpaired) electrons. The molecule has 0 aliphatic carbocycles. The van der Waals surface area contributed by atoms with Crippen molar-refractivity contribution in [3.8, 4) is 6.07 Å². The quantitative estimate of drug-likeness (QED) is 0.795. The zero-order chi connectivity index (χ0) is 13.4. The molecule has 0 fully saturated rings. The van der Waals surface area contributed by atoms with Crippen molar-refractivity contribution in [1.29, 1.82) is 5.26 Å². The summed E-state index contributed by atoms with van der Waals surface area (Å²) in [4.78, 5) is 22.5. The van der Waals surface area contributed by atoms with Crippen LogP contribution in [0.5, 0.6) is 0 Å². The van der Waals surface area contributed by atoms with Crippen LogP contribution in [0.3, 0.4) is 0 Å². The molecule has 18 heavy (non-hydrogen) atoms. The van der Waals surface area contributed by atoms with E-state index in [-0.39, 0.29) is 18.9 Å². The van der Waals surface area contributed by atoms with Crippen molar-refractivity contribution < 1.29 is 14.3 Å². The molecule has 1 aromatic carbocycles. The lowest BCUT2D eigenvalue weighted by molar-refractivity contribution is -0.143. The molecule has 0 aromatic heterocycles. The van der Waals surface area contributed by atoms with Gasteiger partial charge >= 0.3 is 5.97 Å². The average Bonchev–Trinajstić information content (AvgIpc) is 2.36. The maximum atomic E-state index is 11.4. The molecule has 1 N–H and O–H groups in total. The van der Waals surface area contributed by atoms with Crippen LogP contribution in [0.25, 0.3) is 0 Å². The van der Waals surface area contributed by atoms with Crippen molar-refractivity contribution in [3.63, 3.8) is 0 Å². The fourth-order valence-corrected chi connectivity index (χ4v) is 1.52. The highest BCUT2D eigenvalue weighted by Crippen LogP contribution is 2.16. The highest BCUT2D eigenvalue weighted by molar-refractivity contribution is 5.76. The van der Waals surface area contributed by atoms with Crippen LogP contribution in [0, 0.1) is 11.3 Å². The second kappa shape index (κ2) is 7.07. The number of esters is 1. The normalized spacial score (nSPS) is 11.1. The number of carbonyl (C=O) groups is 2. The molecule has 1 amide bonds. The predicted octanol–water partition coefficient (Wildman–Crippen LogP) is 1.32. The highest BCUT2D eigenvalue weighted by Gasteiger charge is 2.17. The molecule has 94 valence electrons. The van der Waals surface area contributed by atoms with E-state index in [0.717, 1.165) is 5.56 Å². The summed E-state index contributed by atoms with van der Waals surface area (Å²) < 4.78 is 4.67. The molecule has 0 aliphatic heterocycles. The minimum Gasteiger partial charge on any atom is -0.450 e. The first-order valence-electron chi connectivity index (χ1n) is 5.48. The van der Waals surface area contributed by atoms with Gasteiger partial charge in [0.1, 0.15) is 6.07 Å². The summed E-state index contributed by atoms with van der Waals surface area (Å²) in [6.07, 6.45) is 0.00523. The SMILES string of the molecule is CC(=O)N[C@H](CC(=O)OCC#N)c1ccccc1. The summed E-state index contributed by atoms with van der Waals surface area (Å²) in [7, 11) is 0. The van der Waals surface area contributed by atoms with Crippen LogP contribution in [0.1, 0.15) is 24.9 Å². The summed E-state index contributed by atoms with van der Waals surface area (Å²) in [5, 5.41) is 11.0. The van der Waals surface area contributed by atoms with E-state index in [1.165, 1.54) is 6.92 Å². The Kier molecular flexibility index (Phi) is 5.39. The lowest BCUT2D eigenvalue weighted by Gasteiger charge is -2.17. The molecule has 1 atom stereocenters. The van der Waals surface area contributed by atoms with Crippen molar-refractivity contribution in [2.45, 2.75) is 19.4 Å². The van der Waals surface area contributed by atoms with Crippen molar-refractivity contribution in [2.24, 2.45) is 0 Å². The average molecular weight is 246 g/mol. The number of nitrogens with zero attached hydrogens (tertiary/aromatic N) is 1. The minimum atomic E-state index is -0.515. The Labute approximate surface area is 105 Å². The summed E-state index contributed by atoms with van der Waals surface area (Å²) in [5.41, 5.74) is 0.821. The van der Waals surface area contributed by atoms with Gasteiger partial charge in [0, 0.05) is 6.92 Å². The van der Waals surface area contributed by atoms with Gasteiger partial charge in [-0.05, 0) is 5.56 Å². The molecule has 0 bridgehead atoms. The van der Waals surface area contributed by atoms with Gasteiger partial charge in [0.05, 0.1) is 12.5 Å². The molecule has 0 spiro atoms. The van der Waals surface area contributed by atoms with Crippen LogP contribution < -0.4 is 5.32 Å². The molecular weight excluding hydrogens is 232 g/mol. The Hall–Kier alpha value is -2.35. The topological polar surface area (TPSA) is 79.2 Å². The van der Waals surface area contributed by atoms with Crippen LogP contribution in [0.2, 0.25) is 0 Å². The van der Waals surface area contributed by atoms with E-state index in [2.05, 4.69) is 10.1 Å². The first-order valence-corrected chi connectivity index (χ1v) is 5.48. The third-order valence-corrected chi connectivity index (χ3v) is 2.25. The molecule has 1 rings (SSSR count). The molecule has 0 heterocycles. The maximum Gasteiger partial charge on any atom is 0.309 e. The Balaban J connectivity index is 2.71. The van der Waals surface area contributed by atoms with E-state index in [4.69, 9.17) is 5.26 Å². The Morgan fingerprint density at radius 2 is 2.06 bits per heavy atom. The third kappa shape index (κ3) is 4.66. The second-order valence-corrected chi connectivity index (χ2v) is 3.69. The van der Waals surface area contributed by atoms with E-state index in [9.17, 15) is 9.59 Å². The van der Waals surface area contributed by atoms with Crippen LogP contribution in [0.15, 0.2) is 30.3 Å². The lowest BCUT2D eigenvalue weighted by atomic mass is 10.0. The number of nitriles is 1. The van der Waals surface area contributed by atoms with Gasteiger partial charge in [-0.25, -0.2) is 0 Å². The van der Waals surface area contributed by atoms with Crippen LogP contribution in [-0.2, 0) is 14.3 Å². The van der Waals surface area contributed by atoms with Crippen molar-refractivity contribution >= 4 is 11.9 Å². The first kappa shape index (κ1) is 13.7. The molecular formula is C13H14N2O3. The summed E-state index contributed by atoms with van der Waals surface area (Å²) in [5.74, 6) is -0.740. The molecule has 5 nitrogen and oxygen atoms in total. The standard InChI is InChI=1S/C13H14N2O3/c1-10(16)15-12(9-13(17)18-8-7-14)11-5-3-2-4-6-11/h2-6,12H,8-9H2,1H3,(H,15,16)/t12-/m1/s1. The Morgan fingerprint density at radius 1 is 1.39 bits per heavy atom. The number of rotatable bonds is 5. The van der Waals surface area contributed by atoms with Gasteiger partial charge in [-0.2, -0.15) is 5.26 Å². The third-order valence-electron chi connectivity index (χ3n) is 2.25. The fourth-order valence-electron chi connectivity index (χ4n) is 1.52. The van der Waals surface area contributed by atoms with Crippen molar-refractivity contribution in [3.05, 3.63) is 35.9 Å². The predicted molar refractivity (Wildman–Crippen MR) is 64.2 cm³/mol. The monoisotopic (exact) mass is 246 g/mol. The van der Waals surface area contributed by atoms with E-state index in [1.807, 2.05) is 30.3 Å². The summed E-state index contributed by atoms with van der Waals surface area (Å²) >= 11 is 0. The van der Waals surface area contributed by atoms with Gasteiger partial charge in [0.25, 0.3) is 0 Å². The van der Waals surface area contributed by atoms with Gasteiger partial charge in [0.15, 0.2) is 6.61 Å². The lowest BCUT2D eigenvalue weighted by Crippen LogP contribution is -2.28. The van der Waals surface area contributed by atoms with Gasteiger partial charge < -0.3 is 10.1 Å². The number of hydrogen-bond acceptors (Lipinski definition) is 4. The Morgan fingerprint density at radius 3 is 2.61 bits per heavy atom. The number of amides is 1. The van der Waals surface area contributed by atoms with E-state index >= 15 is 0 Å². The smallest absolute Gasteiger partial charge is 0.309 e. The zero-order valence-corrected chi connectivity index (χ0v) is 10.1. The van der Waals surface area contributed by atoms with Crippen molar-refractivity contribution in [2.75, 3.05) is 6.61 Å². The number of benzene rings is 1. The first-order chi connectivity index (χ1) is 8.63. The minimum absolute atomic E-state index is 0.00523. The second-order valence-electron chi connectivity index (χ2n) is 3.69. The molecule has 0 saturated heterocycles. The van der Waals surface area contributed by atoms with E-state index in [0.29, 0.717) is 0 Å². The molecule has 0 saturated carbocycles. The Bertz CT molecular complexity index is 451. The van der Waals surface area contributed by atoms with Crippen LogP contribution in [-0.4, -0.2) is 18.5 Å². The van der Waals surface area contributed by atoms with E-state index < -0.39 is 12.0 Å². The number of hydrogen-bond donors (Lipinski definition) is 1. The van der Waals surface area contributed by atoms with Gasteiger partial charge in [-0.15, -0.1) is 0 Å². The van der Waals surface area contributed by atoms with E-state index in [1.54, 1.807) is 6.07 Å². The molecule has 0 unspecified atom stereocenters. The molecule has 0 aliphatic rings.